The molecule has 0 aromatic heterocycles. The Balaban J connectivity index is 1.81. The van der Waals surface area contributed by atoms with E-state index in [1.807, 2.05) is 4.90 Å². The van der Waals surface area contributed by atoms with Crippen LogP contribution in [0, 0.1) is 5.92 Å². The number of amides is 1. The van der Waals surface area contributed by atoms with Crippen molar-refractivity contribution in [2.75, 3.05) is 33.7 Å². The Labute approximate surface area is 111 Å². The van der Waals surface area contributed by atoms with Crippen molar-refractivity contribution in [2.24, 2.45) is 5.92 Å². The SMILES string of the molecule is CC1CCCNC1CC(=O)N1CCC(N(C)C)C1. The van der Waals surface area contributed by atoms with Crippen molar-refractivity contribution in [1.29, 1.82) is 0 Å². The second-order valence-electron chi connectivity index (χ2n) is 6.13. The van der Waals surface area contributed by atoms with E-state index in [4.69, 9.17) is 0 Å². The summed E-state index contributed by atoms with van der Waals surface area (Å²) in [7, 11) is 4.20. The van der Waals surface area contributed by atoms with E-state index in [1.165, 1.54) is 12.8 Å². The van der Waals surface area contributed by atoms with Crippen molar-refractivity contribution in [1.82, 2.24) is 15.1 Å². The van der Waals surface area contributed by atoms with Crippen molar-refractivity contribution in [3.05, 3.63) is 0 Å². The summed E-state index contributed by atoms with van der Waals surface area (Å²) in [6, 6.07) is 0.940. The molecule has 4 nitrogen and oxygen atoms in total. The van der Waals surface area contributed by atoms with Gasteiger partial charge in [-0.2, -0.15) is 0 Å². The molecule has 0 radical (unpaired) electrons. The van der Waals surface area contributed by atoms with Crippen LogP contribution < -0.4 is 5.32 Å². The number of nitrogens with one attached hydrogen (secondary N) is 1. The molecule has 2 rings (SSSR count). The Morgan fingerprint density at radius 2 is 2.17 bits per heavy atom. The van der Waals surface area contributed by atoms with E-state index >= 15 is 0 Å². The minimum absolute atomic E-state index is 0.339. The minimum Gasteiger partial charge on any atom is -0.341 e. The summed E-state index contributed by atoms with van der Waals surface area (Å²) in [5.41, 5.74) is 0. The predicted octanol–water partition coefficient (Wildman–Crippen LogP) is 0.927. The molecule has 0 saturated carbocycles. The third-order valence-corrected chi connectivity index (χ3v) is 4.57. The minimum atomic E-state index is 0.339. The Morgan fingerprint density at radius 3 is 2.78 bits per heavy atom. The molecular formula is C14H27N3O. The van der Waals surface area contributed by atoms with Gasteiger partial charge in [0.25, 0.3) is 0 Å². The van der Waals surface area contributed by atoms with Crippen LogP contribution in [0.2, 0.25) is 0 Å². The summed E-state index contributed by atoms with van der Waals surface area (Å²) in [4.78, 5) is 16.6. The predicted molar refractivity (Wildman–Crippen MR) is 73.5 cm³/mol. The van der Waals surface area contributed by atoms with Gasteiger partial charge < -0.3 is 15.1 Å². The number of carbonyl (C=O) groups excluding carboxylic acids is 1. The van der Waals surface area contributed by atoms with Gasteiger partial charge in [0.2, 0.25) is 5.91 Å². The smallest absolute Gasteiger partial charge is 0.224 e. The molecule has 3 atom stereocenters. The number of rotatable bonds is 3. The average Bonchev–Trinajstić information content (AvgIpc) is 2.81. The molecule has 4 heteroatoms. The van der Waals surface area contributed by atoms with Crippen molar-refractivity contribution < 1.29 is 4.79 Å². The number of piperidine rings is 1. The fourth-order valence-electron chi connectivity index (χ4n) is 3.09. The number of carbonyl (C=O) groups is 1. The van der Waals surface area contributed by atoms with Gasteiger partial charge >= 0.3 is 0 Å². The highest BCUT2D eigenvalue weighted by Crippen LogP contribution is 2.20. The zero-order chi connectivity index (χ0) is 13.1. The normalized spacial score (nSPS) is 33.1. The van der Waals surface area contributed by atoms with Crippen molar-refractivity contribution in [2.45, 2.75) is 44.7 Å². The molecule has 2 aliphatic heterocycles. The van der Waals surface area contributed by atoms with Crippen LogP contribution in [-0.2, 0) is 4.79 Å². The lowest BCUT2D eigenvalue weighted by Crippen LogP contribution is -2.44. The summed E-state index contributed by atoms with van der Waals surface area (Å²) in [6.45, 7) is 5.18. The Bertz CT molecular complexity index is 293. The van der Waals surface area contributed by atoms with Crippen LogP contribution in [0.15, 0.2) is 0 Å². The lowest BCUT2D eigenvalue weighted by atomic mass is 9.90. The highest BCUT2D eigenvalue weighted by Gasteiger charge is 2.30. The van der Waals surface area contributed by atoms with Crippen LogP contribution in [0.3, 0.4) is 0 Å². The lowest BCUT2D eigenvalue weighted by Gasteiger charge is -2.31. The topological polar surface area (TPSA) is 35.6 Å². The molecule has 104 valence electrons. The van der Waals surface area contributed by atoms with Crippen LogP contribution in [0.25, 0.3) is 0 Å². The van der Waals surface area contributed by atoms with Crippen LogP contribution in [0.1, 0.15) is 32.6 Å². The van der Waals surface area contributed by atoms with Gasteiger partial charge in [-0.1, -0.05) is 6.92 Å². The van der Waals surface area contributed by atoms with Gasteiger partial charge in [-0.15, -0.1) is 0 Å². The van der Waals surface area contributed by atoms with E-state index in [1.54, 1.807) is 0 Å². The van der Waals surface area contributed by atoms with Crippen LogP contribution in [0.5, 0.6) is 0 Å². The van der Waals surface area contributed by atoms with Crippen LogP contribution in [-0.4, -0.2) is 61.5 Å². The molecule has 1 N–H and O–H groups in total. The van der Waals surface area contributed by atoms with E-state index in [2.05, 4.69) is 31.2 Å². The molecule has 0 aromatic carbocycles. The molecule has 2 saturated heterocycles. The molecule has 2 heterocycles. The standard InChI is InChI=1S/C14H27N3O/c1-11-5-4-7-15-13(11)9-14(18)17-8-6-12(10-17)16(2)3/h11-13,15H,4-10H2,1-3H3. The first-order chi connectivity index (χ1) is 8.58. The average molecular weight is 253 g/mol. The van der Waals surface area contributed by atoms with E-state index in [0.29, 0.717) is 30.3 Å². The van der Waals surface area contributed by atoms with Gasteiger partial charge in [0.05, 0.1) is 0 Å². The van der Waals surface area contributed by atoms with E-state index < -0.39 is 0 Å². The summed E-state index contributed by atoms with van der Waals surface area (Å²) >= 11 is 0. The van der Waals surface area contributed by atoms with Gasteiger partial charge in [0.15, 0.2) is 0 Å². The van der Waals surface area contributed by atoms with E-state index in [-0.39, 0.29) is 0 Å². The summed E-state index contributed by atoms with van der Waals surface area (Å²) in [5.74, 6) is 0.973. The monoisotopic (exact) mass is 253 g/mol. The van der Waals surface area contributed by atoms with Gasteiger partial charge in [-0.25, -0.2) is 0 Å². The second kappa shape index (κ2) is 6.02. The molecule has 0 spiro atoms. The maximum absolute atomic E-state index is 12.3. The fourth-order valence-corrected chi connectivity index (χ4v) is 3.09. The molecule has 0 aliphatic carbocycles. The second-order valence-corrected chi connectivity index (χ2v) is 6.13. The first-order valence-electron chi connectivity index (χ1n) is 7.25. The van der Waals surface area contributed by atoms with Gasteiger partial charge in [-0.3, -0.25) is 4.79 Å². The third-order valence-electron chi connectivity index (χ3n) is 4.57. The first-order valence-corrected chi connectivity index (χ1v) is 7.25. The van der Waals surface area contributed by atoms with Gasteiger partial charge in [-0.05, 0) is 45.8 Å². The quantitative estimate of drug-likeness (QED) is 0.812. The van der Waals surface area contributed by atoms with Crippen LogP contribution >= 0.6 is 0 Å². The largest absolute Gasteiger partial charge is 0.341 e. The molecule has 18 heavy (non-hydrogen) atoms. The van der Waals surface area contributed by atoms with Crippen molar-refractivity contribution in [3.63, 3.8) is 0 Å². The third kappa shape index (κ3) is 3.23. The van der Waals surface area contributed by atoms with Gasteiger partial charge in [0.1, 0.15) is 0 Å². The zero-order valence-corrected chi connectivity index (χ0v) is 12.0. The van der Waals surface area contributed by atoms with Crippen molar-refractivity contribution >= 4 is 5.91 Å². The number of hydrogen-bond acceptors (Lipinski definition) is 3. The van der Waals surface area contributed by atoms with Crippen molar-refractivity contribution in [3.8, 4) is 0 Å². The van der Waals surface area contributed by atoms with E-state index in [9.17, 15) is 4.79 Å². The number of nitrogens with zero attached hydrogens (tertiary/aromatic N) is 2. The summed E-state index contributed by atoms with van der Waals surface area (Å²) in [6.07, 6.45) is 4.30. The first kappa shape index (κ1) is 13.8. The molecule has 0 aromatic rings. The zero-order valence-electron chi connectivity index (χ0n) is 12.0. The van der Waals surface area contributed by atoms with Crippen LogP contribution in [0.4, 0.5) is 0 Å². The van der Waals surface area contributed by atoms with E-state index in [0.717, 1.165) is 26.1 Å². The summed E-state index contributed by atoms with van der Waals surface area (Å²) in [5, 5.41) is 3.50. The molecule has 0 bridgehead atoms. The maximum Gasteiger partial charge on any atom is 0.224 e. The Kier molecular flexibility index (Phi) is 4.62. The fraction of sp³-hybridized carbons (Fsp3) is 0.929. The van der Waals surface area contributed by atoms with Gasteiger partial charge in [0, 0.05) is 31.6 Å². The number of likely N-dealkylation sites (tertiary alicyclic amines) is 1. The highest BCUT2D eigenvalue weighted by atomic mass is 16.2. The molecule has 3 unspecified atom stereocenters. The highest BCUT2D eigenvalue weighted by molar-refractivity contribution is 5.77. The number of likely N-dealkylation sites (N-methyl/N-ethyl adjacent to an activating group) is 1. The maximum atomic E-state index is 12.3. The summed E-state index contributed by atoms with van der Waals surface area (Å²) < 4.78 is 0. The Hall–Kier alpha value is -0.610. The number of hydrogen-bond donors (Lipinski definition) is 1. The molecular weight excluding hydrogens is 226 g/mol. The molecule has 2 fully saturated rings. The molecule has 1 amide bonds. The molecule has 2 aliphatic rings. The lowest BCUT2D eigenvalue weighted by molar-refractivity contribution is -0.131. The Morgan fingerprint density at radius 1 is 1.39 bits per heavy atom.